The molecule has 1 aromatic carbocycles. The molecule has 0 bridgehead atoms. The molecule has 1 N–H and O–H groups in total. The molecule has 0 unspecified atom stereocenters. The van der Waals surface area contributed by atoms with Gasteiger partial charge in [-0.1, -0.05) is 15.9 Å². The minimum atomic E-state index is -0.0113. The molecule has 0 atom stereocenters. The summed E-state index contributed by atoms with van der Waals surface area (Å²) in [4.78, 5) is 15.0. The number of H-pyrrole nitrogens is 1. The van der Waals surface area contributed by atoms with Crippen LogP contribution in [0.4, 0.5) is 0 Å². The lowest BCUT2D eigenvalue weighted by Crippen LogP contribution is -2.06. The van der Waals surface area contributed by atoms with E-state index in [4.69, 9.17) is 4.74 Å². The fourth-order valence-electron chi connectivity index (χ4n) is 1.56. The number of benzene rings is 1. The van der Waals surface area contributed by atoms with Gasteiger partial charge in [-0.3, -0.25) is 4.79 Å². The van der Waals surface area contributed by atoms with Crippen molar-refractivity contribution in [2.24, 2.45) is 0 Å². The Labute approximate surface area is 109 Å². The van der Waals surface area contributed by atoms with E-state index in [9.17, 15) is 4.79 Å². The van der Waals surface area contributed by atoms with Crippen LogP contribution in [0.3, 0.4) is 0 Å². The molecule has 5 heteroatoms. The minimum absolute atomic E-state index is 0.0113. The van der Waals surface area contributed by atoms with Crippen LogP contribution in [-0.2, 0) is 11.3 Å². The van der Waals surface area contributed by atoms with Gasteiger partial charge in [0.25, 0.3) is 0 Å². The number of halogens is 2. The van der Waals surface area contributed by atoms with Crippen LogP contribution in [0.15, 0.2) is 31.9 Å². The molecule has 3 nitrogen and oxygen atoms in total. The molecule has 0 saturated heterocycles. The van der Waals surface area contributed by atoms with Crippen molar-refractivity contribution in [3.05, 3.63) is 43.1 Å². The number of aromatic amines is 1. The summed E-state index contributed by atoms with van der Waals surface area (Å²) in [7, 11) is 1.60. The largest absolute Gasteiger partial charge is 0.378 e. The van der Waals surface area contributed by atoms with E-state index < -0.39 is 0 Å². The molecule has 84 valence electrons. The van der Waals surface area contributed by atoms with Crippen LogP contribution >= 0.6 is 31.9 Å². The Morgan fingerprint density at radius 2 is 2.06 bits per heavy atom. The molecule has 2 rings (SSSR count). The van der Waals surface area contributed by atoms with Crippen LogP contribution in [0.5, 0.6) is 0 Å². The monoisotopic (exact) mass is 345 g/mol. The van der Waals surface area contributed by atoms with Crippen molar-refractivity contribution in [1.29, 1.82) is 0 Å². The maximum Gasteiger partial charge on any atom is 0.189 e. The van der Waals surface area contributed by atoms with Gasteiger partial charge < -0.3 is 9.72 Å². The molecular formula is C11H9Br2NO2. The van der Waals surface area contributed by atoms with Gasteiger partial charge in [0.2, 0.25) is 0 Å². The van der Waals surface area contributed by atoms with E-state index in [1.54, 1.807) is 19.2 Å². The minimum Gasteiger partial charge on any atom is -0.378 e. The molecular weight excluding hydrogens is 338 g/mol. The molecule has 0 saturated carbocycles. The van der Waals surface area contributed by atoms with E-state index in [-0.39, 0.29) is 5.43 Å². The van der Waals surface area contributed by atoms with Crippen LogP contribution in [0.25, 0.3) is 10.9 Å². The first-order valence-electron chi connectivity index (χ1n) is 4.61. The first-order valence-corrected chi connectivity index (χ1v) is 6.20. The predicted molar refractivity (Wildman–Crippen MR) is 70.7 cm³/mol. The molecule has 1 heterocycles. The molecule has 0 aliphatic rings. The SMILES string of the molecule is COCc1cc(=O)c2cc(Br)cc(Br)c2[nH]1. The van der Waals surface area contributed by atoms with Crippen molar-refractivity contribution >= 4 is 42.8 Å². The Kier molecular flexibility index (Phi) is 3.47. The van der Waals surface area contributed by atoms with Gasteiger partial charge in [-0.25, -0.2) is 0 Å². The summed E-state index contributed by atoms with van der Waals surface area (Å²) in [5, 5.41) is 0.654. The Hall–Kier alpha value is -0.650. The highest BCUT2D eigenvalue weighted by Gasteiger charge is 2.06. The highest BCUT2D eigenvalue weighted by atomic mass is 79.9. The van der Waals surface area contributed by atoms with Gasteiger partial charge in [-0.2, -0.15) is 0 Å². The van der Waals surface area contributed by atoms with Gasteiger partial charge in [0.15, 0.2) is 5.43 Å². The Morgan fingerprint density at radius 3 is 2.75 bits per heavy atom. The highest BCUT2D eigenvalue weighted by molar-refractivity contribution is 9.11. The summed E-state index contributed by atoms with van der Waals surface area (Å²) in [5.74, 6) is 0. The smallest absolute Gasteiger partial charge is 0.189 e. The first kappa shape index (κ1) is 11.8. The van der Waals surface area contributed by atoms with E-state index in [1.165, 1.54) is 0 Å². The third-order valence-electron chi connectivity index (χ3n) is 2.21. The number of hydrogen-bond donors (Lipinski definition) is 1. The van der Waals surface area contributed by atoms with Gasteiger partial charge in [0.1, 0.15) is 0 Å². The number of fused-ring (bicyclic) bond motifs is 1. The van der Waals surface area contributed by atoms with E-state index >= 15 is 0 Å². The predicted octanol–water partition coefficient (Wildman–Crippen LogP) is 3.20. The lowest BCUT2D eigenvalue weighted by atomic mass is 10.2. The molecule has 2 aromatic rings. The van der Waals surface area contributed by atoms with E-state index in [0.717, 1.165) is 20.2 Å². The maximum atomic E-state index is 11.9. The number of rotatable bonds is 2. The molecule has 0 aliphatic heterocycles. The van der Waals surface area contributed by atoms with E-state index in [1.807, 2.05) is 6.07 Å². The normalized spacial score (nSPS) is 10.9. The van der Waals surface area contributed by atoms with Crippen LogP contribution in [0, 0.1) is 0 Å². The number of aromatic nitrogens is 1. The average Bonchev–Trinajstić information content (AvgIpc) is 2.20. The van der Waals surface area contributed by atoms with Crippen LogP contribution in [-0.4, -0.2) is 12.1 Å². The van der Waals surface area contributed by atoms with Crippen molar-refractivity contribution in [3.63, 3.8) is 0 Å². The fourth-order valence-corrected chi connectivity index (χ4v) is 2.89. The Balaban J connectivity index is 2.77. The number of pyridine rings is 1. The molecule has 0 spiro atoms. The second-order valence-corrected chi connectivity index (χ2v) is 5.17. The molecule has 0 fully saturated rings. The van der Waals surface area contributed by atoms with Crippen molar-refractivity contribution in [2.75, 3.05) is 7.11 Å². The van der Waals surface area contributed by atoms with E-state index in [0.29, 0.717) is 12.0 Å². The van der Waals surface area contributed by atoms with Crippen molar-refractivity contribution < 1.29 is 4.74 Å². The van der Waals surface area contributed by atoms with Crippen LogP contribution < -0.4 is 5.43 Å². The number of ether oxygens (including phenoxy) is 1. The maximum absolute atomic E-state index is 11.9. The van der Waals surface area contributed by atoms with Crippen LogP contribution in [0.1, 0.15) is 5.69 Å². The van der Waals surface area contributed by atoms with Gasteiger partial charge in [0.05, 0.1) is 12.1 Å². The average molecular weight is 347 g/mol. The molecule has 16 heavy (non-hydrogen) atoms. The summed E-state index contributed by atoms with van der Waals surface area (Å²) >= 11 is 6.79. The fraction of sp³-hybridized carbons (Fsp3) is 0.182. The quantitative estimate of drug-likeness (QED) is 0.907. The molecule has 1 aromatic heterocycles. The molecule has 0 radical (unpaired) electrons. The third kappa shape index (κ3) is 2.21. The number of methoxy groups -OCH3 is 1. The Morgan fingerprint density at radius 1 is 1.31 bits per heavy atom. The lowest BCUT2D eigenvalue weighted by Gasteiger charge is -2.05. The van der Waals surface area contributed by atoms with Crippen molar-refractivity contribution in [2.45, 2.75) is 6.61 Å². The summed E-state index contributed by atoms with van der Waals surface area (Å²) in [6.45, 7) is 0.397. The zero-order chi connectivity index (χ0) is 11.7. The van der Waals surface area contributed by atoms with Gasteiger partial charge in [-0.15, -0.1) is 0 Å². The summed E-state index contributed by atoms with van der Waals surface area (Å²) in [6.07, 6.45) is 0. The highest BCUT2D eigenvalue weighted by Crippen LogP contribution is 2.25. The summed E-state index contributed by atoms with van der Waals surface area (Å²) in [5.41, 5.74) is 1.55. The first-order chi connectivity index (χ1) is 7.61. The Bertz CT molecular complexity index is 592. The molecule has 0 aliphatic carbocycles. The number of nitrogens with one attached hydrogen (secondary N) is 1. The van der Waals surface area contributed by atoms with Gasteiger partial charge in [0, 0.05) is 33.2 Å². The zero-order valence-electron chi connectivity index (χ0n) is 8.51. The second-order valence-electron chi connectivity index (χ2n) is 3.40. The lowest BCUT2D eigenvalue weighted by molar-refractivity contribution is 0.181. The summed E-state index contributed by atoms with van der Waals surface area (Å²) < 4.78 is 6.73. The standard InChI is InChI=1S/C11H9Br2NO2/c1-16-5-7-4-10(15)8-2-6(12)3-9(13)11(8)14-7/h2-4H,5H2,1H3,(H,14,15). The van der Waals surface area contributed by atoms with Crippen molar-refractivity contribution in [3.8, 4) is 0 Å². The second kappa shape index (κ2) is 4.69. The van der Waals surface area contributed by atoms with Crippen LogP contribution in [0.2, 0.25) is 0 Å². The van der Waals surface area contributed by atoms with Crippen molar-refractivity contribution in [1.82, 2.24) is 4.98 Å². The topological polar surface area (TPSA) is 42.1 Å². The van der Waals surface area contributed by atoms with Gasteiger partial charge in [-0.05, 0) is 28.1 Å². The third-order valence-corrected chi connectivity index (χ3v) is 3.29. The summed E-state index contributed by atoms with van der Waals surface area (Å²) in [6, 6.07) is 5.26. The number of hydrogen-bond acceptors (Lipinski definition) is 2. The molecule has 0 amide bonds. The van der Waals surface area contributed by atoms with Gasteiger partial charge >= 0.3 is 0 Å². The van der Waals surface area contributed by atoms with E-state index in [2.05, 4.69) is 36.8 Å². The zero-order valence-corrected chi connectivity index (χ0v) is 11.7.